The number of nitrogens with one attached hydrogen (secondary N) is 1. The summed E-state index contributed by atoms with van der Waals surface area (Å²) >= 11 is 0. The summed E-state index contributed by atoms with van der Waals surface area (Å²) in [5.74, 6) is 0.415. The molecular formula is C10H7N5. The van der Waals surface area contributed by atoms with Gasteiger partial charge in [0.05, 0.1) is 0 Å². The van der Waals surface area contributed by atoms with Gasteiger partial charge in [-0.05, 0) is 0 Å². The number of benzene rings is 1. The molecule has 0 saturated heterocycles. The molecule has 0 atom stereocenters. The molecule has 1 N–H and O–H groups in total. The maximum absolute atomic E-state index is 8.54. The fraction of sp³-hybridized carbons (Fsp3) is 0. The molecule has 72 valence electrons. The van der Waals surface area contributed by atoms with Crippen molar-refractivity contribution in [3.63, 3.8) is 0 Å². The first-order valence-electron chi connectivity index (χ1n) is 4.30. The Labute approximate surface area is 86.4 Å². The van der Waals surface area contributed by atoms with Gasteiger partial charge in [0.2, 0.25) is 0 Å². The Morgan fingerprint density at radius 2 is 2.00 bits per heavy atom. The van der Waals surface area contributed by atoms with Crippen LogP contribution in [0.4, 0.5) is 5.82 Å². The maximum atomic E-state index is 8.54. The van der Waals surface area contributed by atoms with Gasteiger partial charge in [0.15, 0.2) is 12.0 Å². The van der Waals surface area contributed by atoms with Crippen molar-refractivity contribution in [2.24, 2.45) is 0 Å². The molecule has 0 aliphatic carbocycles. The third kappa shape index (κ3) is 1.89. The summed E-state index contributed by atoms with van der Waals surface area (Å²) in [7, 11) is 0. The van der Waals surface area contributed by atoms with Gasteiger partial charge >= 0.3 is 0 Å². The van der Waals surface area contributed by atoms with E-state index in [2.05, 4.69) is 20.5 Å². The lowest BCUT2D eigenvalue weighted by atomic mass is 10.1. The highest BCUT2D eigenvalue weighted by Gasteiger charge is 2.06. The van der Waals surface area contributed by atoms with Crippen LogP contribution in [0.1, 0.15) is 0 Å². The molecule has 5 nitrogen and oxygen atoms in total. The second-order valence-corrected chi connectivity index (χ2v) is 2.76. The van der Waals surface area contributed by atoms with E-state index < -0.39 is 0 Å². The molecule has 0 aliphatic rings. The number of rotatable bonds is 2. The lowest BCUT2D eigenvalue weighted by Gasteiger charge is -2.03. The molecule has 0 unspecified atom stereocenters. The van der Waals surface area contributed by atoms with Crippen LogP contribution >= 0.6 is 0 Å². The first-order chi connectivity index (χ1) is 7.42. The molecule has 2 aromatic rings. The van der Waals surface area contributed by atoms with E-state index in [4.69, 9.17) is 5.26 Å². The largest absolute Gasteiger partial charge is 0.275 e. The predicted molar refractivity (Wildman–Crippen MR) is 54.5 cm³/mol. The molecule has 0 bridgehead atoms. The fourth-order valence-electron chi connectivity index (χ4n) is 1.21. The number of aromatic nitrogens is 3. The second-order valence-electron chi connectivity index (χ2n) is 2.76. The summed E-state index contributed by atoms with van der Waals surface area (Å²) < 4.78 is 0. The minimum absolute atomic E-state index is 0.415. The van der Waals surface area contributed by atoms with E-state index in [1.54, 1.807) is 0 Å². The molecule has 1 aromatic carbocycles. The van der Waals surface area contributed by atoms with Gasteiger partial charge in [-0.25, -0.2) is 4.98 Å². The number of nitrogens with zero attached hydrogens (tertiary/aromatic N) is 4. The van der Waals surface area contributed by atoms with Gasteiger partial charge in [0, 0.05) is 5.56 Å². The van der Waals surface area contributed by atoms with Crippen molar-refractivity contribution < 1.29 is 0 Å². The van der Waals surface area contributed by atoms with E-state index in [0.29, 0.717) is 11.5 Å². The molecular weight excluding hydrogens is 190 g/mol. The van der Waals surface area contributed by atoms with E-state index in [-0.39, 0.29) is 0 Å². The second kappa shape index (κ2) is 4.15. The van der Waals surface area contributed by atoms with Crippen LogP contribution in [0.3, 0.4) is 0 Å². The topological polar surface area (TPSA) is 74.5 Å². The van der Waals surface area contributed by atoms with E-state index in [1.165, 1.54) is 6.33 Å². The molecule has 0 spiro atoms. The van der Waals surface area contributed by atoms with Gasteiger partial charge in [-0.3, -0.25) is 5.32 Å². The lowest BCUT2D eigenvalue weighted by Crippen LogP contribution is -1.98. The van der Waals surface area contributed by atoms with Gasteiger partial charge in [0.25, 0.3) is 0 Å². The van der Waals surface area contributed by atoms with Crippen LogP contribution in [0.5, 0.6) is 0 Å². The van der Waals surface area contributed by atoms with Crippen LogP contribution in [0, 0.1) is 11.5 Å². The molecule has 5 heteroatoms. The summed E-state index contributed by atoms with van der Waals surface area (Å²) in [5.41, 5.74) is 1.44. The average Bonchev–Trinajstić information content (AvgIpc) is 2.31. The average molecular weight is 197 g/mol. The van der Waals surface area contributed by atoms with Gasteiger partial charge in [-0.1, -0.05) is 30.3 Å². The van der Waals surface area contributed by atoms with E-state index >= 15 is 0 Å². The molecule has 0 fully saturated rings. The highest BCUT2D eigenvalue weighted by atomic mass is 15.2. The Hall–Kier alpha value is -2.48. The molecule has 0 radical (unpaired) electrons. The molecule has 0 saturated carbocycles. The molecule has 0 aliphatic heterocycles. The molecule has 0 amide bonds. The molecule has 15 heavy (non-hydrogen) atoms. The van der Waals surface area contributed by atoms with Crippen LogP contribution in [-0.2, 0) is 0 Å². The van der Waals surface area contributed by atoms with Crippen molar-refractivity contribution in [3.05, 3.63) is 36.7 Å². The third-order valence-electron chi connectivity index (χ3n) is 1.84. The fourth-order valence-corrected chi connectivity index (χ4v) is 1.21. The highest BCUT2D eigenvalue weighted by molar-refractivity contribution is 5.71. The van der Waals surface area contributed by atoms with Crippen molar-refractivity contribution in [2.75, 3.05) is 5.32 Å². The van der Waals surface area contributed by atoms with Crippen molar-refractivity contribution in [3.8, 4) is 17.5 Å². The smallest absolute Gasteiger partial charge is 0.182 e. The minimum atomic E-state index is 0.415. The summed E-state index contributed by atoms with van der Waals surface area (Å²) in [5, 5.41) is 18.6. The summed E-state index contributed by atoms with van der Waals surface area (Å²) in [6, 6.07) is 9.45. The Morgan fingerprint density at radius 3 is 2.73 bits per heavy atom. The van der Waals surface area contributed by atoms with E-state index in [9.17, 15) is 0 Å². The minimum Gasteiger partial charge on any atom is -0.275 e. The van der Waals surface area contributed by atoms with E-state index in [0.717, 1.165) is 5.56 Å². The lowest BCUT2D eigenvalue weighted by molar-refractivity contribution is 0.980. The van der Waals surface area contributed by atoms with Gasteiger partial charge in [0.1, 0.15) is 12.0 Å². The Kier molecular flexibility index (Phi) is 2.52. The maximum Gasteiger partial charge on any atom is 0.182 e. The van der Waals surface area contributed by atoms with Crippen LogP contribution in [0.15, 0.2) is 36.7 Å². The first kappa shape index (κ1) is 9.09. The summed E-state index contributed by atoms with van der Waals surface area (Å²) in [6.45, 7) is 0. The van der Waals surface area contributed by atoms with Crippen LogP contribution in [0.25, 0.3) is 11.3 Å². The Balaban J connectivity index is 2.49. The zero-order chi connectivity index (χ0) is 10.5. The highest BCUT2D eigenvalue weighted by Crippen LogP contribution is 2.21. The van der Waals surface area contributed by atoms with Gasteiger partial charge in [-0.2, -0.15) is 5.26 Å². The Morgan fingerprint density at radius 1 is 1.20 bits per heavy atom. The summed E-state index contributed by atoms with van der Waals surface area (Å²) in [6.07, 6.45) is 3.11. The normalized spacial score (nSPS) is 9.27. The quantitative estimate of drug-likeness (QED) is 0.582. The van der Waals surface area contributed by atoms with Crippen molar-refractivity contribution in [1.29, 1.82) is 5.26 Å². The first-order valence-corrected chi connectivity index (χ1v) is 4.30. The molecule has 1 aromatic heterocycles. The standard InChI is InChI=1S/C10H7N5/c11-6-12-10-9(15-14-7-13-10)8-4-2-1-3-5-8/h1-5,7H,(H,12,13,14). The zero-order valence-corrected chi connectivity index (χ0v) is 7.75. The summed E-state index contributed by atoms with van der Waals surface area (Å²) in [4.78, 5) is 3.94. The van der Waals surface area contributed by atoms with Crippen LogP contribution in [0.2, 0.25) is 0 Å². The number of hydrogen-bond acceptors (Lipinski definition) is 5. The van der Waals surface area contributed by atoms with E-state index in [1.807, 2.05) is 36.5 Å². The van der Waals surface area contributed by atoms with Gasteiger partial charge < -0.3 is 0 Å². The van der Waals surface area contributed by atoms with Crippen molar-refractivity contribution >= 4 is 5.82 Å². The Bertz CT molecular complexity index is 489. The third-order valence-corrected chi connectivity index (χ3v) is 1.84. The van der Waals surface area contributed by atoms with Crippen molar-refractivity contribution in [2.45, 2.75) is 0 Å². The van der Waals surface area contributed by atoms with Crippen LogP contribution in [-0.4, -0.2) is 15.2 Å². The zero-order valence-electron chi connectivity index (χ0n) is 7.75. The number of anilines is 1. The van der Waals surface area contributed by atoms with Gasteiger partial charge in [-0.15, -0.1) is 10.2 Å². The predicted octanol–water partition coefficient (Wildman–Crippen LogP) is 1.43. The number of nitriles is 1. The van der Waals surface area contributed by atoms with Crippen molar-refractivity contribution in [1.82, 2.24) is 15.2 Å². The van der Waals surface area contributed by atoms with Crippen LogP contribution < -0.4 is 5.32 Å². The molecule has 2 rings (SSSR count). The number of hydrogen-bond donors (Lipinski definition) is 1. The SMILES string of the molecule is N#CNc1ncnnc1-c1ccccc1. The monoisotopic (exact) mass is 197 g/mol. The molecule has 1 heterocycles.